The molecule has 5 nitrogen and oxygen atoms in total. The summed E-state index contributed by atoms with van der Waals surface area (Å²) in [4.78, 5) is 31.3. The van der Waals surface area contributed by atoms with Gasteiger partial charge < -0.3 is 15.1 Å². The zero-order valence-electron chi connectivity index (χ0n) is 18.3. The Kier molecular flexibility index (Phi) is 7.91. The van der Waals surface area contributed by atoms with Crippen LogP contribution in [0.1, 0.15) is 62.1 Å². The molecule has 0 spiro atoms. The van der Waals surface area contributed by atoms with E-state index < -0.39 is 0 Å². The number of urea groups is 1. The maximum Gasteiger partial charge on any atom is 0.318 e. The van der Waals surface area contributed by atoms with Crippen LogP contribution in [0.3, 0.4) is 0 Å². The van der Waals surface area contributed by atoms with Crippen molar-refractivity contribution in [3.05, 3.63) is 57.8 Å². The Morgan fingerprint density at radius 1 is 1.23 bits per heavy atom. The molecule has 1 aromatic heterocycles. The fourth-order valence-electron chi connectivity index (χ4n) is 3.94. The number of nitrogens with one attached hydrogen (secondary N) is 1. The Balaban J connectivity index is 1.81. The summed E-state index contributed by atoms with van der Waals surface area (Å²) in [5.74, 6) is 0.00615. The van der Waals surface area contributed by atoms with Gasteiger partial charge in [-0.2, -0.15) is 0 Å². The molecule has 162 valence electrons. The van der Waals surface area contributed by atoms with Crippen molar-refractivity contribution in [3.63, 3.8) is 0 Å². The van der Waals surface area contributed by atoms with Crippen LogP contribution in [-0.2, 0) is 11.2 Å². The van der Waals surface area contributed by atoms with Crippen molar-refractivity contribution in [1.82, 2.24) is 15.1 Å². The van der Waals surface area contributed by atoms with E-state index in [2.05, 4.69) is 35.8 Å². The minimum atomic E-state index is -0.143. The quantitative estimate of drug-likeness (QED) is 0.613. The molecule has 1 N–H and O–H groups in total. The Bertz CT molecular complexity index is 836. The van der Waals surface area contributed by atoms with Gasteiger partial charge in [0.05, 0.1) is 6.04 Å². The summed E-state index contributed by atoms with van der Waals surface area (Å²) in [7, 11) is 0. The molecule has 2 atom stereocenters. The number of thiophene rings is 1. The lowest BCUT2D eigenvalue weighted by molar-refractivity contribution is -0.134. The van der Waals surface area contributed by atoms with Gasteiger partial charge in [0.1, 0.15) is 6.54 Å². The standard InChI is InChI=1S/C24H33N3O2S/c1-4-6-14-25-24(29)27(18(3)5-2)17-22(28)26-15-12-21-20(13-16-30-21)23(26)19-10-8-7-9-11-19/h7-11,13,16,18,23H,4-6,12,14-15,17H2,1-3H3,(H,25,29). The molecule has 0 saturated heterocycles. The minimum Gasteiger partial charge on any atom is -0.338 e. The van der Waals surface area contributed by atoms with Gasteiger partial charge in [-0.15, -0.1) is 11.3 Å². The molecule has 6 heteroatoms. The van der Waals surface area contributed by atoms with Gasteiger partial charge >= 0.3 is 6.03 Å². The molecule has 0 fully saturated rings. The number of hydrogen-bond acceptors (Lipinski definition) is 3. The number of carbonyl (C=O) groups excluding carboxylic acids is 2. The van der Waals surface area contributed by atoms with Crippen molar-refractivity contribution in [2.45, 2.75) is 58.5 Å². The van der Waals surface area contributed by atoms with Gasteiger partial charge in [0.25, 0.3) is 0 Å². The number of benzene rings is 1. The van der Waals surface area contributed by atoms with Gasteiger partial charge in [-0.05, 0) is 48.8 Å². The average molecular weight is 428 g/mol. The minimum absolute atomic E-state index is 0.00615. The molecule has 2 aromatic rings. The normalized spacial score (nSPS) is 16.6. The molecular formula is C24H33N3O2S. The molecule has 0 bridgehead atoms. The highest BCUT2D eigenvalue weighted by Crippen LogP contribution is 2.37. The lowest BCUT2D eigenvalue weighted by Gasteiger charge is -2.38. The third-order valence-electron chi connectivity index (χ3n) is 5.90. The molecule has 2 heterocycles. The van der Waals surface area contributed by atoms with Crippen LogP contribution in [0.25, 0.3) is 0 Å². The van der Waals surface area contributed by atoms with Crippen LogP contribution in [0.15, 0.2) is 41.8 Å². The first-order valence-electron chi connectivity index (χ1n) is 11.0. The monoisotopic (exact) mass is 427 g/mol. The third-order valence-corrected chi connectivity index (χ3v) is 6.89. The molecular weight excluding hydrogens is 394 g/mol. The summed E-state index contributed by atoms with van der Waals surface area (Å²) < 4.78 is 0. The van der Waals surface area contributed by atoms with Crippen molar-refractivity contribution in [3.8, 4) is 0 Å². The summed E-state index contributed by atoms with van der Waals surface area (Å²) in [5, 5.41) is 5.09. The second-order valence-electron chi connectivity index (χ2n) is 7.92. The van der Waals surface area contributed by atoms with Gasteiger partial charge in [-0.1, -0.05) is 50.6 Å². The molecule has 0 radical (unpaired) electrons. The average Bonchev–Trinajstić information content (AvgIpc) is 3.25. The van der Waals surface area contributed by atoms with Crippen LogP contribution in [0, 0.1) is 0 Å². The van der Waals surface area contributed by atoms with Crippen molar-refractivity contribution in [2.75, 3.05) is 19.6 Å². The van der Waals surface area contributed by atoms with Crippen LogP contribution in [-0.4, -0.2) is 47.4 Å². The van der Waals surface area contributed by atoms with Gasteiger partial charge in [-0.25, -0.2) is 4.79 Å². The summed E-state index contributed by atoms with van der Waals surface area (Å²) in [6.07, 6.45) is 3.65. The molecule has 0 saturated carbocycles. The molecule has 3 amide bonds. The zero-order chi connectivity index (χ0) is 21.5. The van der Waals surface area contributed by atoms with Crippen molar-refractivity contribution < 1.29 is 9.59 Å². The molecule has 2 unspecified atom stereocenters. The third kappa shape index (κ3) is 5.04. The second kappa shape index (κ2) is 10.6. The predicted molar refractivity (Wildman–Crippen MR) is 123 cm³/mol. The largest absolute Gasteiger partial charge is 0.338 e. The van der Waals surface area contributed by atoms with Crippen LogP contribution in [0.4, 0.5) is 4.79 Å². The van der Waals surface area contributed by atoms with Crippen LogP contribution < -0.4 is 5.32 Å². The first-order chi connectivity index (χ1) is 14.6. The summed E-state index contributed by atoms with van der Waals surface area (Å²) in [5.41, 5.74) is 2.33. The number of nitrogens with zero attached hydrogens (tertiary/aromatic N) is 2. The predicted octanol–water partition coefficient (Wildman–Crippen LogP) is 4.83. The van der Waals surface area contributed by atoms with E-state index in [-0.39, 0.29) is 30.6 Å². The van der Waals surface area contributed by atoms with Crippen molar-refractivity contribution >= 4 is 23.3 Å². The fraction of sp³-hybridized carbons (Fsp3) is 0.500. The zero-order valence-corrected chi connectivity index (χ0v) is 19.1. The molecule has 3 rings (SSSR count). The number of unbranched alkanes of at least 4 members (excludes halogenated alkanes) is 1. The lowest BCUT2D eigenvalue weighted by atomic mass is 9.93. The van der Waals surface area contributed by atoms with E-state index in [1.54, 1.807) is 16.2 Å². The Morgan fingerprint density at radius 3 is 2.70 bits per heavy atom. The highest BCUT2D eigenvalue weighted by Gasteiger charge is 2.34. The maximum atomic E-state index is 13.5. The van der Waals surface area contributed by atoms with E-state index in [0.29, 0.717) is 13.1 Å². The number of amides is 3. The van der Waals surface area contributed by atoms with E-state index in [4.69, 9.17) is 0 Å². The maximum absolute atomic E-state index is 13.5. The van der Waals surface area contributed by atoms with E-state index in [1.165, 1.54) is 10.4 Å². The summed E-state index contributed by atoms with van der Waals surface area (Å²) in [6, 6.07) is 12.1. The second-order valence-corrected chi connectivity index (χ2v) is 8.92. The smallest absolute Gasteiger partial charge is 0.318 e. The first-order valence-corrected chi connectivity index (χ1v) is 11.9. The lowest BCUT2D eigenvalue weighted by Crippen LogP contribution is -2.51. The van der Waals surface area contributed by atoms with Crippen LogP contribution in [0.5, 0.6) is 0 Å². The highest BCUT2D eigenvalue weighted by molar-refractivity contribution is 7.10. The molecule has 1 aliphatic rings. The topological polar surface area (TPSA) is 52.7 Å². The number of carbonyl (C=O) groups is 2. The number of fused-ring (bicyclic) bond motifs is 1. The first kappa shape index (κ1) is 22.3. The Hall–Kier alpha value is -2.34. The molecule has 1 aliphatic heterocycles. The van der Waals surface area contributed by atoms with Gasteiger partial charge in [0, 0.05) is 24.0 Å². The Labute approximate surface area is 184 Å². The SMILES string of the molecule is CCCCNC(=O)N(CC(=O)N1CCc2sccc2C1c1ccccc1)C(C)CC. The number of rotatable bonds is 8. The van der Waals surface area contributed by atoms with E-state index in [9.17, 15) is 9.59 Å². The van der Waals surface area contributed by atoms with Crippen molar-refractivity contribution in [2.24, 2.45) is 0 Å². The Morgan fingerprint density at radius 2 is 2.00 bits per heavy atom. The van der Waals surface area contributed by atoms with Crippen molar-refractivity contribution in [1.29, 1.82) is 0 Å². The van der Waals surface area contributed by atoms with Gasteiger partial charge in [-0.3, -0.25) is 4.79 Å². The molecule has 0 aliphatic carbocycles. The van der Waals surface area contributed by atoms with Crippen LogP contribution in [0.2, 0.25) is 0 Å². The summed E-state index contributed by atoms with van der Waals surface area (Å²) >= 11 is 1.76. The van der Waals surface area contributed by atoms with E-state index >= 15 is 0 Å². The van der Waals surface area contributed by atoms with E-state index in [1.807, 2.05) is 36.9 Å². The van der Waals surface area contributed by atoms with E-state index in [0.717, 1.165) is 31.2 Å². The van der Waals surface area contributed by atoms with Gasteiger partial charge in [0.2, 0.25) is 5.91 Å². The highest BCUT2D eigenvalue weighted by atomic mass is 32.1. The molecule has 30 heavy (non-hydrogen) atoms. The summed E-state index contributed by atoms with van der Waals surface area (Å²) in [6.45, 7) is 7.58. The fourth-order valence-corrected chi connectivity index (χ4v) is 4.84. The number of hydrogen-bond donors (Lipinski definition) is 1. The van der Waals surface area contributed by atoms with Crippen LogP contribution >= 0.6 is 11.3 Å². The molecule has 1 aromatic carbocycles. The van der Waals surface area contributed by atoms with Gasteiger partial charge in [0.15, 0.2) is 0 Å².